The maximum absolute atomic E-state index is 5.57. The first-order valence-corrected chi connectivity index (χ1v) is 4.36. The largest absolute Gasteiger partial charge is 0.380 e. The zero-order valence-corrected chi connectivity index (χ0v) is 7.25. The molecule has 0 spiro atoms. The van der Waals surface area contributed by atoms with Crippen LogP contribution in [0.25, 0.3) is 0 Å². The topological polar surface area (TPSA) is 38.5 Å². The Kier molecular flexibility index (Phi) is 3.83. The zero-order chi connectivity index (χ0) is 8.10. The minimum Gasteiger partial charge on any atom is -0.380 e. The standard InChI is InChI=1S/C8H18N2O/c1-8(7-9)10-3-2-5-11-6-4-10/h8H,2-7,9H2,1H3. The Balaban J connectivity index is 2.30. The van der Waals surface area contributed by atoms with Crippen molar-refractivity contribution in [3.8, 4) is 0 Å². The molecule has 1 aliphatic heterocycles. The molecule has 11 heavy (non-hydrogen) atoms. The fourth-order valence-corrected chi connectivity index (χ4v) is 1.36. The lowest BCUT2D eigenvalue weighted by Gasteiger charge is -2.25. The van der Waals surface area contributed by atoms with Crippen molar-refractivity contribution in [3.05, 3.63) is 0 Å². The van der Waals surface area contributed by atoms with Gasteiger partial charge in [0.25, 0.3) is 0 Å². The molecule has 1 atom stereocenters. The fraction of sp³-hybridized carbons (Fsp3) is 1.00. The highest BCUT2D eigenvalue weighted by Crippen LogP contribution is 2.02. The van der Waals surface area contributed by atoms with Crippen molar-refractivity contribution < 1.29 is 4.74 Å². The van der Waals surface area contributed by atoms with E-state index in [0.29, 0.717) is 6.04 Å². The van der Waals surface area contributed by atoms with Crippen molar-refractivity contribution in [1.29, 1.82) is 0 Å². The predicted octanol–water partition coefficient (Wildman–Crippen LogP) is 0.0559. The van der Waals surface area contributed by atoms with E-state index in [-0.39, 0.29) is 0 Å². The summed E-state index contributed by atoms with van der Waals surface area (Å²) in [6.45, 7) is 6.88. The van der Waals surface area contributed by atoms with Gasteiger partial charge in [0.15, 0.2) is 0 Å². The molecule has 0 aromatic carbocycles. The molecule has 0 aliphatic carbocycles. The van der Waals surface area contributed by atoms with Crippen LogP contribution < -0.4 is 5.73 Å². The lowest BCUT2D eigenvalue weighted by molar-refractivity contribution is 0.134. The number of nitrogens with zero attached hydrogens (tertiary/aromatic N) is 1. The van der Waals surface area contributed by atoms with E-state index in [9.17, 15) is 0 Å². The number of hydrogen-bond donors (Lipinski definition) is 1. The van der Waals surface area contributed by atoms with Crippen LogP contribution in [0.4, 0.5) is 0 Å². The van der Waals surface area contributed by atoms with Gasteiger partial charge in [-0.3, -0.25) is 4.90 Å². The Morgan fingerprint density at radius 2 is 2.27 bits per heavy atom. The fourth-order valence-electron chi connectivity index (χ4n) is 1.36. The summed E-state index contributed by atoms with van der Waals surface area (Å²) in [5, 5.41) is 0. The van der Waals surface area contributed by atoms with E-state index in [4.69, 9.17) is 10.5 Å². The van der Waals surface area contributed by atoms with E-state index in [1.807, 2.05) is 0 Å². The molecule has 0 aromatic heterocycles. The van der Waals surface area contributed by atoms with E-state index >= 15 is 0 Å². The highest BCUT2D eigenvalue weighted by atomic mass is 16.5. The minimum atomic E-state index is 0.511. The molecule has 0 radical (unpaired) electrons. The number of rotatable bonds is 2. The summed E-state index contributed by atoms with van der Waals surface area (Å²) in [4.78, 5) is 2.40. The number of nitrogens with two attached hydrogens (primary N) is 1. The lowest BCUT2D eigenvalue weighted by Crippen LogP contribution is -2.39. The summed E-state index contributed by atoms with van der Waals surface area (Å²) in [6, 6.07) is 0.511. The van der Waals surface area contributed by atoms with Gasteiger partial charge in [-0.25, -0.2) is 0 Å². The van der Waals surface area contributed by atoms with E-state index in [2.05, 4.69) is 11.8 Å². The molecule has 1 aliphatic rings. The van der Waals surface area contributed by atoms with Gasteiger partial charge in [0.2, 0.25) is 0 Å². The van der Waals surface area contributed by atoms with Crippen LogP contribution in [-0.2, 0) is 4.74 Å². The van der Waals surface area contributed by atoms with Gasteiger partial charge in [0.05, 0.1) is 6.61 Å². The molecular formula is C8H18N2O. The second-order valence-electron chi connectivity index (χ2n) is 3.09. The predicted molar refractivity (Wildman–Crippen MR) is 45.5 cm³/mol. The van der Waals surface area contributed by atoms with Crippen molar-refractivity contribution in [3.63, 3.8) is 0 Å². The Morgan fingerprint density at radius 1 is 1.45 bits per heavy atom. The molecule has 2 N–H and O–H groups in total. The summed E-state index contributed by atoms with van der Waals surface area (Å²) < 4.78 is 5.34. The van der Waals surface area contributed by atoms with E-state index < -0.39 is 0 Å². The molecular weight excluding hydrogens is 140 g/mol. The van der Waals surface area contributed by atoms with Crippen LogP contribution in [0.15, 0.2) is 0 Å². The molecule has 3 heteroatoms. The quantitative estimate of drug-likeness (QED) is 0.617. The van der Waals surface area contributed by atoms with Crippen LogP contribution in [-0.4, -0.2) is 43.8 Å². The maximum Gasteiger partial charge on any atom is 0.0593 e. The summed E-state index contributed by atoms with van der Waals surface area (Å²) >= 11 is 0. The summed E-state index contributed by atoms with van der Waals surface area (Å²) in [7, 11) is 0. The van der Waals surface area contributed by atoms with Crippen molar-refractivity contribution in [2.75, 3.05) is 32.8 Å². The Labute approximate surface area is 68.5 Å². The van der Waals surface area contributed by atoms with Gasteiger partial charge in [-0.15, -0.1) is 0 Å². The number of hydrogen-bond acceptors (Lipinski definition) is 3. The monoisotopic (exact) mass is 158 g/mol. The van der Waals surface area contributed by atoms with Gasteiger partial charge in [0, 0.05) is 32.3 Å². The lowest BCUT2D eigenvalue weighted by atomic mass is 10.2. The van der Waals surface area contributed by atoms with Gasteiger partial charge in [-0.1, -0.05) is 0 Å². The van der Waals surface area contributed by atoms with Crippen LogP contribution >= 0.6 is 0 Å². The average molecular weight is 158 g/mol. The van der Waals surface area contributed by atoms with E-state index in [0.717, 1.165) is 39.3 Å². The highest BCUT2D eigenvalue weighted by molar-refractivity contribution is 4.69. The van der Waals surface area contributed by atoms with Crippen molar-refractivity contribution >= 4 is 0 Å². The van der Waals surface area contributed by atoms with Crippen LogP contribution in [0.5, 0.6) is 0 Å². The first-order valence-electron chi connectivity index (χ1n) is 4.36. The third-order valence-electron chi connectivity index (χ3n) is 2.22. The van der Waals surface area contributed by atoms with Crippen LogP contribution in [0.3, 0.4) is 0 Å². The van der Waals surface area contributed by atoms with E-state index in [1.54, 1.807) is 0 Å². The molecule has 66 valence electrons. The summed E-state index contributed by atoms with van der Waals surface area (Å²) in [5.74, 6) is 0. The van der Waals surface area contributed by atoms with E-state index in [1.165, 1.54) is 0 Å². The molecule has 0 bridgehead atoms. The smallest absolute Gasteiger partial charge is 0.0593 e. The Hall–Kier alpha value is -0.120. The average Bonchev–Trinajstić information content (AvgIpc) is 2.30. The van der Waals surface area contributed by atoms with Gasteiger partial charge >= 0.3 is 0 Å². The second kappa shape index (κ2) is 4.70. The molecule has 1 saturated heterocycles. The molecule has 0 aromatic rings. The van der Waals surface area contributed by atoms with Crippen LogP contribution in [0.2, 0.25) is 0 Å². The molecule has 3 nitrogen and oxygen atoms in total. The van der Waals surface area contributed by atoms with Gasteiger partial charge in [0.1, 0.15) is 0 Å². The van der Waals surface area contributed by atoms with Crippen molar-refractivity contribution in [2.45, 2.75) is 19.4 Å². The van der Waals surface area contributed by atoms with Crippen LogP contribution in [0, 0.1) is 0 Å². The van der Waals surface area contributed by atoms with Gasteiger partial charge in [-0.05, 0) is 13.3 Å². The van der Waals surface area contributed by atoms with Crippen LogP contribution in [0.1, 0.15) is 13.3 Å². The third kappa shape index (κ3) is 2.77. The maximum atomic E-state index is 5.57. The SMILES string of the molecule is CC(CN)N1CCCOCC1. The molecule has 1 unspecified atom stereocenters. The Morgan fingerprint density at radius 3 is 3.00 bits per heavy atom. The molecule has 0 amide bonds. The minimum absolute atomic E-state index is 0.511. The zero-order valence-electron chi connectivity index (χ0n) is 7.25. The highest BCUT2D eigenvalue weighted by Gasteiger charge is 2.13. The molecule has 0 saturated carbocycles. The summed E-state index contributed by atoms with van der Waals surface area (Å²) in [5.41, 5.74) is 5.57. The molecule has 1 heterocycles. The first-order chi connectivity index (χ1) is 5.34. The summed E-state index contributed by atoms with van der Waals surface area (Å²) in [6.07, 6.45) is 1.14. The second-order valence-corrected chi connectivity index (χ2v) is 3.09. The molecule has 1 fully saturated rings. The third-order valence-corrected chi connectivity index (χ3v) is 2.22. The first kappa shape index (κ1) is 8.97. The normalized spacial score (nSPS) is 24.5. The Bertz CT molecular complexity index is 100. The van der Waals surface area contributed by atoms with Gasteiger partial charge < -0.3 is 10.5 Å². The number of ether oxygens (including phenoxy) is 1. The van der Waals surface area contributed by atoms with Gasteiger partial charge in [-0.2, -0.15) is 0 Å². The van der Waals surface area contributed by atoms with Crippen molar-refractivity contribution in [1.82, 2.24) is 4.90 Å². The molecule has 1 rings (SSSR count). The van der Waals surface area contributed by atoms with Crippen molar-refractivity contribution in [2.24, 2.45) is 5.73 Å².